The van der Waals surface area contributed by atoms with Gasteiger partial charge in [0.15, 0.2) is 5.11 Å². The van der Waals surface area contributed by atoms with Crippen molar-refractivity contribution < 1.29 is 0 Å². The molecule has 1 heterocycles. The van der Waals surface area contributed by atoms with E-state index in [4.69, 9.17) is 23.8 Å². The van der Waals surface area contributed by atoms with Crippen molar-refractivity contribution >= 4 is 34.6 Å². The highest BCUT2D eigenvalue weighted by molar-refractivity contribution is 7.80. The fraction of sp³-hybridized carbons (Fsp3) is 0.500. The van der Waals surface area contributed by atoms with Crippen LogP contribution in [0.15, 0.2) is 24.3 Å². The Balaban J connectivity index is 1.81. The van der Waals surface area contributed by atoms with E-state index in [2.05, 4.69) is 17.7 Å². The van der Waals surface area contributed by atoms with Crippen molar-refractivity contribution in [3.05, 3.63) is 29.3 Å². The maximum absolute atomic E-state index is 5.93. The fourth-order valence-corrected chi connectivity index (χ4v) is 3.56. The summed E-state index contributed by atoms with van der Waals surface area (Å²) in [6.07, 6.45) is 4.76. The Morgan fingerprint density at radius 1 is 1.37 bits per heavy atom. The molecule has 19 heavy (non-hydrogen) atoms. The first-order valence-electron chi connectivity index (χ1n) is 6.74. The van der Waals surface area contributed by atoms with Gasteiger partial charge in [-0.2, -0.15) is 0 Å². The van der Waals surface area contributed by atoms with E-state index in [0.717, 1.165) is 34.6 Å². The van der Waals surface area contributed by atoms with Crippen molar-refractivity contribution in [1.29, 1.82) is 0 Å². The molecule has 1 saturated heterocycles. The Bertz CT molecular complexity index is 490. The standard InChI is InChI=1S/C14H18ClN3S/c1-10-3-2-8-14(9-10)16-13(19)18(17-14)12-6-4-11(15)5-7-12/h4-7,10,17H,2-3,8-9H2,1H3,(H,16,19)/t10-,14-/m1/s1. The van der Waals surface area contributed by atoms with E-state index in [1.807, 2.05) is 29.3 Å². The zero-order valence-corrected chi connectivity index (χ0v) is 12.5. The lowest BCUT2D eigenvalue weighted by Crippen LogP contribution is -2.53. The summed E-state index contributed by atoms with van der Waals surface area (Å²) in [5.74, 6) is 0.724. The van der Waals surface area contributed by atoms with Crippen LogP contribution in [-0.2, 0) is 0 Å². The van der Waals surface area contributed by atoms with Crippen molar-refractivity contribution in [2.45, 2.75) is 38.3 Å². The molecule has 3 rings (SSSR count). The van der Waals surface area contributed by atoms with Crippen LogP contribution in [0, 0.1) is 5.92 Å². The van der Waals surface area contributed by atoms with Gasteiger partial charge in [0.05, 0.1) is 5.69 Å². The van der Waals surface area contributed by atoms with Gasteiger partial charge in [-0.3, -0.25) is 5.01 Å². The van der Waals surface area contributed by atoms with Crippen molar-refractivity contribution in [2.24, 2.45) is 5.92 Å². The molecule has 0 unspecified atom stereocenters. The van der Waals surface area contributed by atoms with E-state index < -0.39 is 0 Å². The smallest absolute Gasteiger partial charge is 0.189 e. The Labute approximate surface area is 124 Å². The molecule has 3 nitrogen and oxygen atoms in total. The highest BCUT2D eigenvalue weighted by atomic mass is 35.5. The van der Waals surface area contributed by atoms with Gasteiger partial charge in [0.25, 0.3) is 0 Å². The molecule has 1 aliphatic heterocycles. The first-order chi connectivity index (χ1) is 9.08. The Morgan fingerprint density at radius 2 is 2.11 bits per heavy atom. The number of halogens is 1. The van der Waals surface area contributed by atoms with Crippen LogP contribution in [0.3, 0.4) is 0 Å². The first kappa shape index (κ1) is 13.2. The molecule has 102 valence electrons. The average Bonchev–Trinajstić information content (AvgIpc) is 2.66. The largest absolute Gasteiger partial charge is 0.342 e. The third-order valence-corrected chi connectivity index (χ3v) is 4.49. The summed E-state index contributed by atoms with van der Waals surface area (Å²) in [7, 11) is 0. The van der Waals surface area contributed by atoms with Gasteiger partial charge in [-0.1, -0.05) is 24.9 Å². The minimum atomic E-state index is -0.0611. The number of anilines is 1. The normalized spacial score (nSPS) is 30.7. The summed E-state index contributed by atoms with van der Waals surface area (Å²) in [6.45, 7) is 2.30. The van der Waals surface area contributed by atoms with Crippen molar-refractivity contribution in [3.8, 4) is 0 Å². The number of hydrogen-bond acceptors (Lipinski definition) is 2. The Morgan fingerprint density at radius 3 is 2.79 bits per heavy atom. The predicted octanol–water partition coefficient (Wildman–Crippen LogP) is 3.45. The van der Waals surface area contributed by atoms with Gasteiger partial charge in [-0.25, -0.2) is 5.43 Å². The second-order valence-corrected chi connectivity index (χ2v) is 6.46. The number of benzene rings is 1. The minimum Gasteiger partial charge on any atom is -0.342 e. The monoisotopic (exact) mass is 295 g/mol. The predicted molar refractivity (Wildman–Crippen MR) is 83.2 cm³/mol. The molecule has 1 spiro atoms. The third kappa shape index (κ3) is 2.57. The molecular weight excluding hydrogens is 278 g/mol. The van der Waals surface area contributed by atoms with Crippen LogP contribution in [-0.4, -0.2) is 10.8 Å². The van der Waals surface area contributed by atoms with E-state index in [0.29, 0.717) is 0 Å². The Hall–Kier alpha value is -0.840. The molecule has 1 saturated carbocycles. The highest BCUT2D eigenvalue weighted by Gasteiger charge is 2.43. The second kappa shape index (κ2) is 4.93. The van der Waals surface area contributed by atoms with Gasteiger partial charge < -0.3 is 5.32 Å². The van der Waals surface area contributed by atoms with E-state index in [1.54, 1.807) is 0 Å². The molecule has 5 heteroatoms. The molecule has 1 aromatic rings. The molecule has 0 bridgehead atoms. The molecule has 1 aromatic carbocycles. The van der Waals surface area contributed by atoms with E-state index >= 15 is 0 Å². The first-order valence-corrected chi connectivity index (χ1v) is 7.52. The van der Waals surface area contributed by atoms with E-state index in [1.165, 1.54) is 12.8 Å². The van der Waals surface area contributed by atoms with Crippen LogP contribution in [0.5, 0.6) is 0 Å². The maximum atomic E-state index is 5.93. The van der Waals surface area contributed by atoms with Crippen molar-refractivity contribution in [2.75, 3.05) is 5.01 Å². The zero-order chi connectivity index (χ0) is 13.5. The molecule has 0 radical (unpaired) electrons. The zero-order valence-electron chi connectivity index (χ0n) is 10.9. The van der Waals surface area contributed by atoms with Crippen molar-refractivity contribution in [3.63, 3.8) is 0 Å². The second-order valence-electron chi connectivity index (χ2n) is 5.64. The lowest BCUT2D eigenvalue weighted by molar-refractivity contribution is 0.192. The van der Waals surface area contributed by atoms with E-state index in [-0.39, 0.29) is 5.66 Å². The molecule has 0 amide bonds. The number of nitrogens with one attached hydrogen (secondary N) is 2. The lowest BCUT2D eigenvalue weighted by Gasteiger charge is -2.36. The molecule has 2 atom stereocenters. The maximum Gasteiger partial charge on any atom is 0.189 e. The van der Waals surface area contributed by atoms with Gasteiger partial charge in [0, 0.05) is 5.02 Å². The summed E-state index contributed by atoms with van der Waals surface area (Å²) in [6, 6.07) is 7.73. The van der Waals surface area contributed by atoms with Crippen LogP contribution in [0.4, 0.5) is 5.69 Å². The summed E-state index contributed by atoms with van der Waals surface area (Å²) in [5.41, 5.74) is 4.52. The summed E-state index contributed by atoms with van der Waals surface area (Å²) in [4.78, 5) is 0. The topological polar surface area (TPSA) is 27.3 Å². The van der Waals surface area contributed by atoms with Gasteiger partial charge in [0.1, 0.15) is 5.66 Å². The molecule has 2 fully saturated rings. The van der Waals surface area contributed by atoms with Crippen LogP contribution in [0.1, 0.15) is 32.6 Å². The minimum absolute atomic E-state index is 0.0611. The SMILES string of the molecule is C[C@@H]1CCC[C@@]2(C1)NC(=S)N(c1ccc(Cl)cc1)N2. The van der Waals surface area contributed by atoms with Crippen LogP contribution in [0.25, 0.3) is 0 Å². The fourth-order valence-electron chi connectivity index (χ4n) is 3.09. The van der Waals surface area contributed by atoms with Gasteiger partial charge in [-0.05, 0) is 61.7 Å². The number of thiocarbonyl (C=S) groups is 1. The molecule has 0 aromatic heterocycles. The Kier molecular flexibility index (Phi) is 3.41. The molecule has 2 aliphatic rings. The van der Waals surface area contributed by atoms with Gasteiger partial charge in [-0.15, -0.1) is 0 Å². The van der Waals surface area contributed by atoms with Crippen LogP contribution in [0.2, 0.25) is 5.02 Å². The van der Waals surface area contributed by atoms with Gasteiger partial charge in [0.2, 0.25) is 0 Å². The van der Waals surface area contributed by atoms with Crippen LogP contribution >= 0.6 is 23.8 Å². The lowest BCUT2D eigenvalue weighted by atomic mass is 9.83. The number of hydrazine groups is 1. The van der Waals surface area contributed by atoms with Crippen molar-refractivity contribution in [1.82, 2.24) is 10.7 Å². The molecule has 2 N–H and O–H groups in total. The van der Waals surface area contributed by atoms with Gasteiger partial charge >= 0.3 is 0 Å². The third-order valence-electron chi connectivity index (χ3n) is 3.96. The molecule has 1 aliphatic carbocycles. The molecular formula is C14H18ClN3S. The quantitative estimate of drug-likeness (QED) is 0.776. The van der Waals surface area contributed by atoms with E-state index in [9.17, 15) is 0 Å². The summed E-state index contributed by atoms with van der Waals surface area (Å²) in [5, 5.41) is 6.92. The highest BCUT2D eigenvalue weighted by Crippen LogP contribution is 2.34. The summed E-state index contributed by atoms with van der Waals surface area (Å²) >= 11 is 11.4. The number of rotatable bonds is 1. The number of nitrogens with zero attached hydrogens (tertiary/aromatic N) is 1. The number of hydrogen-bond donors (Lipinski definition) is 2. The summed E-state index contributed by atoms with van der Waals surface area (Å²) < 4.78 is 0. The average molecular weight is 296 g/mol. The van der Waals surface area contributed by atoms with Crippen LogP contribution < -0.4 is 15.8 Å².